The van der Waals surface area contributed by atoms with Crippen molar-refractivity contribution < 1.29 is 5.11 Å². The summed E-state index contributed by atoms with van der Waals surface area (Å²) in [7, 11) is 1.94. The van der Waals surface area contributed by atoms with E-state index in [1.165, 1.54) is 11.1 Å². The molecule has 4 heteroatoms. The maximum absolute atomic E-state index is 10.9. The molecule has 0 spiro atoms. The lowest BCUT2D eigenvalue weighted by Gasteiger charge is -2.38. The molecule has 0 bridgehead atoms. The van der Waals surface area contributed by atoms with Crippen LogP contribution in [-0.4, -0.2) is 32.9 Å². The van der Waals surface area contributed by atoms with Gasteiger partial charge in [0.05, 0.1) is 11.8 Å². The van der Waals surface area contributed by atoms with Crippen LogP contribution in [0, 0.1) is 6.92 Å². The van der Waals surface area contributed by atoms with E-state index < -0.39 is 5.60 Å². The van der Waals surface area contributed by atoms with Crippen molar-refractivity contribution in [2.45, 2.75) is 31.9 Å². The van der Waals surface area contributed by atoms with E-state index in [0.29, 0.717) is 0 Å². The van der Waals surface area contributed by atoms with E-state index in [0.717, 1.165) is 38.0 Å². The molecule has 112 valence electrons. The van der Waals surface area contributed by atoms with Crippen LogP contribution in [0.25, 0.3) is 0 Å². The molecule has 1 fully saturated rings. The van der Waals surface area contributed by atoms with Gasteiger partial charge in [0.2, 0.25) is 0 Å². The molecule has 1 aliphatic rings. The third-order valence-electron chi connectivity index (χ3n) is 4.40. The van der Waals surface area contributed by atoms with Gasteiger partial charge in [-0.05, 0) is 25.3 Å². The van der Waals surface area contributed by atoms with Crippen molar-refractivity contribution in [1.82, 2.24) is 14.7 Å². The molecule has 2 heterocycles. The van der Waals surface area contributed by atoms with E-state index in [9.17, 15) is 5.11 Å². The normalized spacial score (nSPS) is 18.8. The predicted octanol–water partition coefficient (Wildman–Crippen LogP) is 2.21. The van der Waals surface area contributed by atoms with E-state index >= 15 is 0 Å². The Morgan fingerprint density at radius 2 is 2.05 bits per heavy atom. The lowest BCUT2D eigenvalue weighted by molar-refractivity contribution is -0.0277. The summed E-state index contributed by atoms with van der Waals surface area (Å²) in [5, 5.41) is 15.1. The lowest BCUT2D eigenvalue weighted by atomic mass is 9.84. The number of hydrogen-bond acceptors (Lipinski definition) is 3. The van der Waals surface area contributed by atoms with Crippen LogP contribution in [-0.2, 0) is 19.2 Å². The molecule has 1 aliphatic heterocycles. The molecule has 0 radical (unpaired) electrons. The summed E-state index contributed by atoms with van der Waals surface area (Å²) in [5.41, 5.74) is 2.83. The maximum Gasteiger partial charge on any atom is 0.0921 e. The Kier molecular flexibility index (Phi) is 3.83. The van der Waals surface area contributed by atoms with E-state index in [4.69, 9.17) is 0 Å². The number of aliphatic hydroxyl groups is 1. The van der Waals surface area contributed by atoms with E-state index in [-0.39, 0.29) is 0 Å². The van der Waals surface area contributed by atoms with Gasteiger partial charge in [-0.1, -0.05) is 29.8 Å². The van der Waals surface area contributed by atoms with Gasteiger partial charge >= 0.3 is 0 Å². The monoisotopic (exact) mass is 285 g/mol. The summed E-state index contributed by atoms with van der Waals surface area (Å²) < 4.78 is 1.84. The highest BCUT2D eigenvalue weighted by Crippen LogP contribution is 2.33. The number of hydrogen-bond donors (Lipinski definition) is 1. The first-order chi connectivity index (χ1) is 10.0. The first-order valence-corrected chi connectivity index (χ1v) is 7.55. The maximum atomic E-state index is 10.9. The molecule has 2 aromatic rings. The summed E-state index contributed by atoms with van der Waals surface area (Å²) in [6, 6.07) is 8.26. The van der Waals surface area contributed by atoms with Crippen LogP contribution in [0.5, 0.6) is 0 Å². The molecule has 0 atom stereocenters. The molecule has 1 saturated heterocycles. The molecule has 4 nitrogen and oxygen atoms in total. The van der Waals surface area contributed by atoms with Crippen molar-refractivity contribution in [2.75, 3.05) is 13.1 Å². The van der Waals surface area contributed by atoms with Gasteiger partial charge in [-0.25, -0.2) is 0 Å². The summed E-state index contributed by atoms with van der Waals surface area (Å²) in [4.78, 5) is 2.39. The highest BCUT2D eigenvalue weighted by Gasteiger charge is 2.33. The van der Waals surface area contributed by atoms with Crippen molar-refractivity contribution in [2.24, 2.45) is 7.05 Å². The van der Waals surface area contributed by atoms with Crippen LogP contribution in [0.1, 0.15) is 29.5 Å². The molecule has 1 aromatic carbocycles. The summed E-state index contributed by atoms with van der Waals surface area (Å²) in [6.45, 7) is 4.82. The number of aromatic nitrogens is 2. The first-order valence-electron chi connectivity index (χ1n) is 7.55. The molecule has 1 aromatic heterocycles. The van der Waals surface area contributed by atoms with Crippen LogP contribution in [0.2, 0.25) is 0 Å². The molecular weight excluding hydrogens is 262 g/mol. The number of benzene rings is 1. The quantitative estimate of drug-likeness (QED) is 0.940. The Balaban J connectivity index is 1.64. The second-order valence-corrected chi connectivity index (χ2v) is 6.20. The average Bonchev–Trinajstić information content (AvgIpc) is 2.87. The predicted molar refractivity (Wildman–Crippen MR) is 82.8 cm³/mol. The van der Waals surface area contributed by atoms with E-state index in [2.05, 4.69) is 35.3 Å². The third kappa shape index (κ3) is 3.17. The molecule has 0 unspecified atom stereocenters. The molecule has 0 aliphatic carbocycles. The van der Waals surface area contributed by atoms with Crippen molar-refractivity contribution in [3.8, 4) is 0 Å². The highest BCUT2D eigenvalue weighted by molar-refractivity contribution is 5.28. The Labute approximate surface area is 126 Å². The van der Waals surface area contributed by atoms with Gasteiger partial charge < -0.3 is 5.11 Å². The molecule has 0 saturated carbocycles. The Morgan fingerprint density at radius 1 is 1.29 bits per heavy atom. The Bertz CT molecular complexity index is 612. The fourth-order valence-corrected chi connectivity index (χ4v) is 3.12. The van der Waals surface area contributed by atoms with Gasteiger partial charge in [-0.2, -0.15) is 5.10 Å². The molecule has 21 heavy (non-hydrogen) atoms. The Hall–Kier alpha value is -1.65. The Morgan fingerprint density at radius 3 is 2.67 bits per heavy atom. The number of aryl methyl sites for hydroxylation is 2. The number of piperidine rings is 1. The minimum atomic E-state index is -0.669. The average molecular weight is 285 g/mol. The minimum absolute atomic E-state index is 0.669. The van der Waals surface area contributed by atoms with Crippen molar-refractivity contribution in [3.05, 3.63) is 53.3 Å². The van der Waals surface area contributed by atoms with Crippen LogP contribution in [0.4, 0.5) is 0 Å². The molecule has 3 rings (SSSR count). The summed E-state index contributed by atoms with van der Waals surface area (Å²) >= 11 is 0. The summed E-state index contributed by atoms with van der Waals surface area (Å²) in [6.07, 6.45) is 5.55. The van der Waals surface area contributed by atoms with Gasteiger partial charge in [-0.3, -0.25) is 9.58 Å². The third-order valence-corrected chi connectivity index (χ3v) is 4.40. The largest absolute Gasteiger partial charge is 0.385 e. The van der Waals surface area contributed by atoms with Gasteiger partial charge in [0.25, 0.3) is 0 Å². The number of rotatable bonds is 3. The van der Waals surface area contributed by atoms with Crippen molar-refractivity contribution in [1.29, 1.82) is 0 Å². The van der Waals surface area contributed by atoms with E-state index in [1.807, 2.05) is 30.1 Å². The number of likely N-dealkylation sites (tertiary alicyclic amines) is 1. The smallest absolute Gasteiger partial charge is 0.0921 e. The van der Waals surface area contributed by atoms with Crippen LogP contribution >= 0.6 is 0 Å². The van der Waals surface area contributed by atoms with Crippen molar-refractivity contribution >= 4 is 0 Å². The summed E-state index contributed by atoms with van der Waals surface area (Å²) in [5.74, 6) is 0. The molecule has 0 amide bonds. The second-order valence-electron chi connectivity index (χ2n) is 6.20. The zero-order valence-electron chi connectivity index (χ0n) is 12.8. The first kappa shape index (κ1) is 14.3. The van der Waals surface area contributed by atoms with Crippen molar-refractivity contribution in [3.63, 3.8) is 0 Å². The standard InChI is InChI=1S/C17H23N3O/c1-14-4-3-5-16(10-14)17(21)6-8-20(9-7-17)13-15-11-18-19(2)12-15/h3-5,10-12,21H,6-9,13H2,1-2H3. The molecule has 1 N–H and O–H groups in total. The second kappa shape index (κ2) is 5.62. The van der Waals surface area contributed by atoms with E-state index in [1.54, 1.807) is 0 Å². The zero-order chi connectivity index (χ0) is 14.9. The zero-order valence-corrected chi connectivity index (χ0v) is 12.8. The lowest BCUT2D eigenvalue weighted by Crippen LogP contribution is -2.42. The SMILES string of the molecule is Cc1cccc(C2(O)CCN(Cc3cnn(C)c3)CC2)c1. The fraction of sp³-hybridized carbons (Fsp3) is 0.471. The van der Waals surface area contributed by atoms with Crippen LogP contribution in [0.3, 0.4) is 0 Å². The minimum Gasteiger partial charge on any atom is -0.385 e. The topological polar surface area (TPSA) is 41.3 Å². The van der Waals surface area contributed by atoms with Gasteiger partial charge in [0.15, 0.2) is 0 Å². The van der Waals surface area contributed by atoms with Crippen LogP contribution < -0.4 is 0 Å². The van der Waals surface area contributed by atoms with Gasteiger partial charge in [-0.15, -0.1) is 0 Å². The highest BCUT2D eigenvalue weighted by atomic mass is 16.3. The fourth-order valence-electron chi connectivity index (χ4n) is 3.12. The molecular formula is C17H23N3O. The van der Waals surface area contributed by atoms with Crippen LogP contribution in [0.15, 0.2) is 36.7 Å². The van der Waals surface area contributed by atoms with Gasteiger partial charge in [0, 0.05) is 38.4 Å². The van der Waals surface area contributed by atoms with Gasteiger partial charge in [0.1, 0.15) is 0 Å². The number of nitrogens with zero attached hydrogens (tertiary/aromatic N) is 3.